The van der Waals surface area contributed by atoms with Gasteiger partial charge in [0.15, 0.2) is 0 Å². The molecule has 1 heterocycles. The lowest BCUT2D eigenvalue weighted by molar-refractivity contribution is -0.123. The monoisotopic (exact) mass is 402 g/mol. The van der Waals surface area contributed by atoms with E-state index in [4.69, 9.17) is 4.74 Å². The van der Waals surface area contributed by atoms with Gasteiger partial charge in [-0.25, -0.2) is 0 Å². The number of ether oxygens (including phenoxy) is 1. The standard InChI is InChI=1S/C16H19NO.C4H7NO2S.C2H4/c1-3-14-6-7-15(17-12-14)10-11-18-16-8-4-13(2)5-9-16;1-8-2-4(7)5-3-6;1-2/h4-9,12H,3,10-11H2,1-2H3;3H,2H2,1H3,(H,5,6,7);1-2H2. The van der Waals surface area contributed by atoms with Crippen molar-refractivity contribution in [2.24, 2.45) is 0 Å². The molecule has 0 saturated carbocycles. The topological polar surface area (TPSA) is 68.3 Å². The Morgan fingerprint density at radius 2 is 1.89 bits per heavy atom. The summed E-state index contributed by atoms with van der Waals surface area (Å²) in [4.78, 5) is 24.2. The highest BCUT2D eigenvalue weighted by Crippen LogP contribution is 2.11. The van der Waals surface area contributed by atoms with Crippen molar-refractivity contribution in [1.29, 1.82) is 0 Å². The van der Waals surface area contributed by atoms with Crippen LogP contribution in [0, 0.1) is 6.92 Å². The first kappa shape index (κ1) is 25.4. The van der Waals surface area contributed by atoms with E-state index in [1.165, 1.54) is 22.9 Å². The molecule has 2 rings (SSSR count). The van der Waals surface area contributed by atoms with Crippen LogP contribution in [0.5, 0.6) is 5.75 Å². The Morgan fingerprint density at radius 3 is 2.39 bits per heavy atom. The van der Waals surface area contributed by atoms with Crippen molar-refractivity contribution in [3.8, 4) is 5.75 Å². The van der Waals surface area contributed by atoms with Crippen LogP contribution >= 0.6 is 11.8 Å². The van der Waals surface area contributed by atoms with Crippen LogP contribution in [0.4, 0.5) is 0 Å². The molecule has 1 N–H and O–H groups in total. The molecule has 0 atom stereocenters. The molecule has 1 aromatic heterocycles. The predicted molar refractivity (Wildman–Crippen MR) is 118 cm³/mol. The second-order valence-corrected chi connectivity index (χ2v) is 6.41. The number of nitrogens with zero attached hydrogens (tertiary/aromatic N) is 1. The number of hydrogen-bond acceptors (Lipinski definition) is 5. The van der Waals surface area contributed by atoms with Gasteiger partial charge in [-0.3, -0.25) is 19.9 Å². The van der Waals surface area contributed by atoms with Crippen LogP contribution in [0.1, 0.15) is 23.7 Å². The maximum absolute atomic E-state index is 10.3. The van der Waals surface area contributed by atoms with Crippen LogP contribution in [0.3, 0.4) is 0 Å². The molecule has 152 valence electrons. The number of nitrogens with one attached hydrogen (secondary N) is 1. The van der Waals surface area contributed by atoms with Crippen molar-refractivity contribution < 1.29 is 14.3 Å². The molecule has 0 radical (unpaired) electrons. The van der Waals surface area contributed by atoms with Crippen molar-refractivity contribution in [1.82, 2.24) is 10.3 Å². The summed E-state index contributed by atoms with van der Waals surface area (Å²) in [6.45, 7) is 10.9. The highest BCUT2D eigenvalue weighted by atomic mass is 32.2. The smallest absolute Gasteiger partial charge is 0.236 e. The molecule has 0 saturated heterocycles. The highest BCUT2D eigenvalue weighted by Gasteiger charge is 1.97. The number of aryl methyl sites for hydroxylation is 2. The third-order valence-electron chi connectivity index (χ3n) is 3.44. The molecule has 0 bridgehead atoms. The molecule has 0 spiro atoms. The Morgan fingerprint density at radius 1 is 1.21 bits per heavy atom. The van der Waals surface area contributed by atoms with Gasteiger partial charge in [0, 0.05) is 18.3 Å². The molecule has 1 aromatic carbocycles. The summed E-state index contributed by atoms with van der Waals surface area (Å²) in [5.74, 6) is 1.02. The van der Waals surface area contributed by atoms with E-state index in [1.54, 1.807) is 6.26 Å². The molecule has 2 aromatic rings. The van der Waals surface area contributed by atoms with Crippen LogP contribution < -0.4 is 10.1 Å². The van der Waals surface area contributed by atoms with Crippen molar-refractivity contribution in [3.05, 3.63) is 72.6 Å². The number of carbonyl (C=O) groups excluding carboxylic acids is 2. The Hall–Kier alpha value is -2.60. The lowest BCUT2D eigenvalue weighted by Gasteiger charge is -2.06. The summed E-state index contributed by atoms with van der Waals surface area (Å²) in [6, 6.07) is 12.3. The minimum absolute atomic E-state index is 0.243. The summed E-state index contributed by atoms with van der Waals surface area (Å²) in [6.07, 6.45) is 6.01. The normalized spacial score (nSPS) is 9.11. The molecule has 2 amide bonds. The van der Waals surface area contributed by atoms with Crippen LogP contribution in [-0.2, 0) is 22.4 Å². The van der Waals surface area contributed by atoms with Crippen LogP contribution in [0.15, 0.2) is 55.8 Å². The fraction of sp³-hybridized carbons (Fsp3) is 0.318. The van der Waals surface area contributed by atoms with E-state index in [0.29, 0.717) is 18.8 Å². The molecule has 0 fully saturated rings. The number of pyridine rings is 1. The molecule has 5 nitrogen and oxygen atoms in total. The van der Waals surface area contributed by atoms with Crippen molar-refractivity contribution in [2.45, 2.75) is 26.7 Å². The van der Waals surface area contributed by atoms with E-state index in [2.05, 4.69) is 56.3 Å². The number of rotatable bonds is 8. The maximum atomic E-state index is 10.3. The van der Waals surface area contributed by atoms with Gasteiger partial charge < -0.3 is 4.74 Å². The third kappa shape index (κ3) is 11.9. The number of imide groups is 1. The van der Waals surface area contributed by atoms with Crippen LogP contribution in [-0.4, -0.2) is 35.9 Å². The molecular formula is C22H30N2O3S. The number of aromatic nitrogens is 1. The van der Waals surface area contributed by atoms with Crippen molar-refractivity contribution >= 4 is 24.1 Å². The summed E-state index contributed by atoms with van der Waals surface area (Å²) in [5, 5.41) is 2.01. The average molecular weight is 403 g/mol. The third-order valence-corrected chi connectivity index (χ3v) is 3.99. The van der Waals surface area contributed by atoms with E-state index >= 15 is 0 Å². The van der Waals surface area contributed by atoms with Crippen LogP contribution in [0.2, 0.25) is 0 Å². The van der Waals surface area contributed by atoms with Gasteiger partial charge in [-0.1, -0.05) is 30.7 Å². The molecule has 6 heteroatoms. The van der Waals surface area contributed by atoms with Gasteiger partial charge in [0.2, 0.25) is 12.3 Å². The first-order valence-corrected chi connectivity index (χ1v) is 10.3. The zero-order chi connectivity index (χ0) is 21.2. The zero-order valence-electron chi connectivity index (χ0n) is 16.9. The predicted octanol–water partition coefficient (Wildman–Crippen LogP) is 4.00. The first-order valence-electron chi connectivity index (χ1n) is 8.94. The molecule has 0 aliphatic heterocycles. The van der Waals surface area contributed by atoms with E-state index in [1.807, 2.05) is 23.6 Å². The maximum Gasteiger partial charge on any atom is 0.236 e. The molecule has 0 unspecified atom stereocenters. The van der Waals surface area contributed by atoms with Gasteiger partial charge in [0.1, 0.15) is 5.75 Å². The van der Waals surface area contributed by atoms with E-state index < -0.39 is 0 Å². The fourth-order valence-electron chi connectivity index (χ4n) is 1.96. The number of hydrogen-bond donors (Lipinski definition) is 1. The second kappa shape index (κ2) is 16.6. The number of thioether (sulfide) groups is 1. The van der Waals surface area contributed by atoms with Gasteiger partial charge in [0.25, 0.3) is 0 Å². The fourth-order valence-corrected chi connectivity index (χ4v) is 2.30. The Bertz CT molecular complexity index is 673. The summed E-state index contributed by atoms with van der Waals surface area (Å²) in [5.41, 5.74) is 3.61. The van der Waals surface area contributed by atoms with Crippen LogP contribution in [0.25, 0.3) is 0 Å². The highest BCUT2D eigenvalue weighted by molar-refractivity contribution is 7.99. The summed E-state index contributed by atoms with van der Waals surface area (Å²) >= 11 is 1.38. The number of carbonyl (C=O) groups is 2. The van der Waals surface area contributed by atoms with Gasteiger partial charge in [-0.05, 0) is 43.4 Å². The second-order valence-electron chi connectivity index (χ2n) is 5.54. The first-order chi connectivity index (χ1) is 13.6. The SMILES string of the molecule is C=C.CCc1ccc(CCOc2ccc(C)cc2)nc1.CSCC(=O)NC=O. The lowest BCUT2D eigenvalue weighted by atomic mass is 10.2. The zero-order valence-corrected chi connectivity index (χ0v) is 17.8. The quantitative estimate of drug-likeness (QED) is 0.534. The largest absolute Gasteiger partial charge is 0.493 e. The Kier molecular flexibility index (Phi) is 15.0. The summed E-state index contributed by atoms with van der Waals surface area (Å²) in [7, 11) is 0. The van der Waals surface area contributed by atoms with Gasteiger partial charge >= 0.3 is 0 Å². The Balaban J connectivity index is 0.000000618. The molecule has 0 aliphatic carbocycles. The lowest BCUT2D eigenvalue weighted by Crippen LogP contribution is -2.22. The van der Waals surface area contributed by atoms with Crippen molar-refractivity contribution in [3.63, 3.8) is 0 Å². The minimum atomic E-state index is -0.243. The van der Waals surface area contributed by atoms with Gasteiger partial charge in [0.05, 0.1) is 12.4 Å². The van der Waals surface area contributed by atoms with E-state index in [-0.39, 0.29) is 5.91 Å². The number of benzene rings is 1. The summed E-state index contributed by atoms with van der Waals surface area (Å²) < 4.78 is 5.68. The molecule has 28 heavy (non-hydrogen) atoms. The molecular weight excluding hydrogens is 372 g/mol. The van der Waals surface area contributed by atoms with Crippen molar-refractivity contribution in [2.75, 3.05) is 18.6 Å². The van der Waals surface area contributed by atoms with E-state index in [0.717, 1.165) is 24.3 Å². The van der Waals surface area contributed by atoms with E-state index in [9.17, 15) is 9.59 Å². The van der Waals surface area contributed by atoms with Gasteiger partial charge in [-0.15, -0.1) is 13.2 Å². The minimum Gasteiger partial charge on any atom is -0.493 e. The molecule has 0 aliphatic rings. The average Bonchev–Trinajstić information content (AvgIpc) is 2.72. The number of amides is 2. The van der Waals surface area contributed by atoms with Gasteiger partial charge in [-0.2, -0.15) is 11.8 Å². The Labute approximate surface area is 172 Å².